The summed E-state index contributed by atoms with van der Waals surface area (Å²) in [5, 5.41) is 9.84. The molecule has 0 N–H and O–H groups in total. The number of furan rings is 1. The lowest BCUT2D eigenvalue weighted by molar-refractivity contribution is 0.669. The van der Waals surface area contributed by atoms with Gasteiger partial charge in [-0.3, -0.25) is 0 Å². The van der Waals surface area contributed by atoms with Crippen molar-refractivity contribution in [1.29, 1.82) is 0 Å². The van der Waals surface area contributed by atoms with Crippen molar-refractivity contribution in [3.05, 3.63) is 271 Å². The number of nitrogens with zero attached hydrogens (tertiary/aromatic N) is 1. The number of anilines is 3. The third kappa shape index (κ3) is 5.43. The molecule has 0 fully saturated rings. The molecule has 1 spiro atoms. The molecule has 2 heteroatoms. The molecule has 69 heavy (non-hydrogen) atoms. The van der Waals surface area contributed by atoms with E-state index in [1.165, 1.54) is 93.5 Å². The number of fused-ring (bicyclic) bond motifs is 19. The first-order valence-corrected chi connectivity index (χ1v) is 23.9. The second-order valence-electron chi connectivity index (χ2n) is 18.7. The highest BCUT2D eigenvalue weighted by molar-refractivity contribution is 6.26. The van der Waals surface area contributed by atoms with Crippen LogP contribution >= 0.6 is 0 Å². The molecule has 12 aromatic carbocycles. The Labute approximate surface area is 399 Å². The summed E-state index contributed by atoms with van der Waals surface area (Å²) in [6, 6.07) is 92.0. The van der Waals surface area contributed by atoms with Crippen LogP contribution in [0.5, 0.6) is 0 Å². The lowest BCUT2D eigenvalue weighted by atomic mass is 9.70. The van der Waals surface area contributed by atoms with Gasteiger partial charge in [0.25, 0.3) is 0 Å². The van der Waals surface area contributed by atoms with Crippen molar-refractivity contribution >= 4 is 71.3 Å². The number of rotatable bonds is 5. The maximum Gasteiger partial charge on any atom is 0.135 e. The van der Waals surface area contributed by atoms with Crippen molar-refractivity contribution in [3.8, 4) is 44.5 Å². The molecule has 0 radical (unpaired) electrons. The molecule has 320 valence electrons. The van der Waals surface area contributed by atoms with E-state index in [0.29, 0.717) is 0 Å². The van der Waals surface area contributed by atoms with Gasteiger partial charge >= 0.3 is 0 Å². The quantitative estimate of drug-likeness (QED) is 0.160. The SMILES string of the molecule is c1cc(-c2ccc(N(c3ccc4c(c3)C3(c5ccccc5-c5ccccc53)c3ccccc3-4)c3ccc4c5ccccc5c5ccccc5c4c3)cc2)cc(-c2ccc3oc4ccccc4c3c2)c1. The van der Waals surface area contributed by atoms with E-state index < -0.39 is 5.41 Å². The highest BCUT2D eigenvalue weighted by atomic mass is 16.3. The van der Waals surface area contributed by atoms with Crippen LogP contribution in [0.3, 0.4) is 0 Å². The molecule has 0 aliphatic heterocycles. The lowest BCUT2D eigenvalue weighted by Crippen LogP contribution is -2.26. The molecule has 2 aliphatic rings. The molecule has 2 nitrogen and oxygen atoms in total. The van der Waals surface area contributed by atoms with Crippen LogP contribution in [0.25, 0.3) is 98.8 Å². The third-order valence-corrected chi connectivity index (χ3v) is 15.3. The van der Waals surface area contributed by atoms with E-state index in [-0.39, 0.29) is 0 Å². The Morgan fingerprint density at radius 2 is 0.696 bits per heavy atom. The zero-order valence-corrected chi connectivity index (χ0v) is 37.5. The minimum Gasteiger partial charge on any atom is -0.456 e. The maximum atomic E-state index is 6.17. The van der Waals surface area contributed by atoms with Crippen LogP contribution in [0.1, 0.15) is 22.3 Å². The monoisotopic (exact) mass is 875 g/mol. The van der Waals surface area contributed by atoms with Crippen LogP contribution in [0.15, 0.2) is 253 Å². The molecular weight excluding hydrogens is 835 g/mol. The van der Waals surface area contributed by atoms with E-state index in [2.05, 4.69) is 241 Å². The van der Waals surface area contributed by atoms with E-state index in [1.807, 2.05) is 12.1 Å². The summed E-state index contributed by atoms with van der Waals surface area (Å²) in [5.74, 6) is 0. The van der Waals surface area contributed by atoms with Gasteiger partial charge in [0.15, 0.2) is 0 Å². The average molecular weight is 876 g/mol. The van der Waals surface area contributed by atoms with E-state index in [4.69, 9.17) is 4.42 Å². The lowest BCUT2D eigenvalue weighted by Gasteiger charge is -2.32. The van der Waals surface area contributed by atoms with Gasteiger partial charge in [-0.15, -0.1) is 0 Å². The molecule has 2 aliphatic carbocycles. The maximum absolute atomic E-state index is 6.17. The van der Waals surface area contributed by atoms with Crippen LogP contribution in [-0.4, -0.2) is 0 Å². The van der Waals surface area contributed by atoms with Crippen molar-refractivity contribution in [2.75, 3.05) is 4.90 Å². The van der Waals surface area contributed by atoms with Crippen molar-refractivity contribution in [3.63, 3.8) is 0 Å². The summed E-state index contributed by atoms with van der Waals surface area (Å²) >= 11 is 0. The standard InChI is InChI=1S/C67H41NO/c1-2-18-51-49(16-1)50-17-3-4-19-52(50)59-40-47(33-35-53(51)59)68(46-31-28-42(29-32-46)43-14-13-15-44(38-43)45-30-37-66-60(39-45)58-23-8-12-27-65(58)69-66)48-34-36-57-56-22-7-11-26-63(56)67(64(57)41-48)61-24-9-5-20-54(61)55-21-6-10-25-62(55)67/h1-41H. The Bertz CT molecular complexity index is 4170. The highest BCUT2D eigenvalue weighted by Gasteiger charge is 2.51. The normalized spacial score (nSPS) is 13.0. The molecular formula is C67H41NO. The molecule has 1 heterocycles. The molecule has 0 atom stereocenters. The molecule has 0 saturated heterocycles. The minimum absolute atomic E-state index is 0.455. The molecule has 13 aromatic rings. The Morgan fingerprint density at radius 3 is 1.35 bits per heavy atom. The van der Waals surface area contributed by atoms with Crippen LogP contribution in [0.4, 0.5) is 17.1 Å². The molecule has 1 aromatic heterocycles. The largest absolute Gasteiger partial charge is 0.456 e. The van der Waals surface area contributed by atoms with Gasteiger partial charge in [-0.25, -0.2) is 0 Å². The van der Waals surface area contributed by atoms with Gasteiger partial charge in [0.2, 0.25) is 0 Å². The van der Waals surface area contributed by atoms with Crippen molar-refractivity contribution in [2.24, 2.45) is 0 Å². The van der Waals surface area contributed by atoms with Gasteiger partial charge in [0, 0.05) is 27.8 Å². The number of hydrogen-bond donors (Lipinski definition) is 0. The first kappa shape index (κ1) is 38.2. The summed E-state index contributed by atoms with van der Waals surface area (Å²) in [4.78, 5) is 2.47. The average Bonchev–Trinajstić information content (AvgIpc) is 4.05. The molecule has 15 rings (SSSR count). The van der Waals surface area contributed by atoms with Crippen molar-refractivity contribution in [1.82, 2.24) is 0 Å². The fraction of sp³-hybridized carbons (Fsp3) is 0.0149. The van der Waals surface area contributed by atoms with E-state index >= 15 is 0 Å². The second kappa shape index (κ2) is 14.5. The van der Waals surface area contributed by atoms with Crippen LogP contribution in [0, 0.1) is 0 Å². The Kier molecular flexibility index (Phi) is 8.02. The minimum atomic E-state index is -0.455. The van der Waals surface area contributed by atoms with Gasteiger partial charge in [0.1, 0.15) is 11.2 Å². The summed E-state index contributed by atoms with van der Waals surface area (Å²) in [7, 11) is 0. The first-order chi connectivity index (χ1) is 34.2. The molecule has 0 amide bonds. The Morgan fingerprint density at radius 1 is 0.246 bits per heavy atom. The topological polar surface area (TPSA) is 16.4 Å². The first-order valence-electron chi connectivity index (χ1n) is 23.9. The van der Waals surface area contributed by atoms with Gasteiger partial charge < -0.3 is 9.32 Å². The van der Waals surface area contributed by atoms with Crippen molar-refractivity contribution in [2.45, 2.75) is 5.41 Å². The summed E-state index contributed by atoms with van der Waals surface area (Å²) in [6.45, 7) is 0. The van der Waals surface area contributed by atoms with E-state index in [9.17, 15) is 0 Å². The van der Waals surface area contributed by atoms with Gasteiger partial charge in [0.05, 0.1) is 5.41 Å². The predicted octanol–water partition coefficient (Wildman–Crippen LogP) is 18.2. The van der Waals surface area contributed by atoms with Gasteiger partial charge in [-0.05, 0) is 160 Å². The van der Waals surface area contributed by atoms with Crippen LogP contribution in [-0.2, 0) is 5.41 Å². The van der Waals surface area contributed by atoms with Gasteiger partial charge in [-0.1, -0.05) is 188 Å². The predicted molar refractivity (Wildman–Crippen MR) is 288 cm³/mol. The zero-order chi connectivity index (χ0) is 45.2. The summed E-state index contributed by atoms with van der Waals surface area (Å²) < 4.78 is 6.17. The number of para-hydroxylation sites is 1. The number of benzene rings is 12. The fourth-order valence-corrected chi connectivity index (χ4v) is 12.3. The zero-order valence-electron chi connectivity index (χ0n) is 37.5. The van der Waals surface area contributed by atoms with Crippen LogP contribution < -0.4 is 4.90 Å². The fourth-order valence-electron chi connectivity index (χ4n) is 12.3. The second-order valence-corrected chi connectivity index (χ2v) is 18.7. The van der Waals surface area contributed by atoms with Gasteiger partial charge in [-0.2, -0.15) is 0 Å². The smallest absolute Gasteiger partial charge is 0.135 e. The molecule has 0 bridgehead atoms. The third-order valence-electron chi connectivity index (χ3n) is 15.3. The number of hydrogen-bond acceptors (Lipinski definition) is 2. The van der Waals surface area contributed by atoms with E-state index in [0.717, 1.165) is 44.6 Å². The Balaban J connectivity index is 0.916. The van der Waals surface area contributed by atoms with E-state index in [1.54, 1.807) is 0 Å². The summed E-state index contributed by atoms with van der Waals surface area (Å²) in [5.41, 5.74) is 19.9. The van der Waals surface area contributed by atoms with Crippen LogP contribution in [0.2, 0.25) is 0 Å². The highest BCUT2D eigenvalue weighted by Crippen LogP contribution is 2.63. The molecule has 0 unspecified atom stereocenters. The molecule has 0 saturated carbocycles. The summed E-state index contributed by atoms with van der Waals surface area (Å²) in [6.07, 6.45) is 0. The van der Waals surface area contributed by atoms with Crippen molar-refractivity contribution < 1.29 is 4.42 Å². The Hall–Kier alpha value is -8.98.